The van der Waals surface area contributed by atoms with E-state index in [4.69, 9.17) is 5.73 Å². The van der Waals surface area contributed by atoms with Gasteiger partial charge in [0.2, 0.25) is 0 Å². The molecule has 2 aromatic rings. The fraction of sp³-hybridized carbons (Fsp3) is 0.308. The van der Waals surface area contributed by atoms with Crippen molar-refractivity contribution < 1.29 is 0 Å². The van der Waals surface area contributed by atoms with Crippen molar-refractivity contribution in [3.05, 3.63) is 52.0 Å². The minimum atomic E-state index is 0.183. The van der Waals surface area contributed by atoms with Crippen molar-refractivity contribution in [2.45, 2.75) is 25.8 Å². The van der Waals surface area contributed by atoms with Gasteiger partial charge in [-0.25, -0.2) is 4.98 Å². The van der Waals surface area contributed by atoms with Crippen LogP contribution in [0.5, 0.6) is 0 Å². The Kier molecular flexibility index (Phi) is 3.70. The van der Waals surface area contributed by atoms with Gasteiger partial charge in [-0.05, 0) is 25.3 Å². The largest absolute Gasteiger partial charge is 0.327 e. The Balaban J connectivity index is 1.92. The Morgan fingerprint density at radius 1 is 1.25 bits per heavy atom. The maximum atomic E-state index is 6.13. The molecule has 1 aromatic heterocycles. The summed E-state index contributed by atoms with van der Waals surface area (Å²) in [4.78, 5) is 5.52. The lowest BCUT2D eigenvalue weighted by atomic mass is 10.0. The third-order valence-corrected chi connectivity index (χ3v) is 3.41. The van der Waals surface area contributed by atoms with Gasteiger partial charge in [-0.1, -0.05) is 30.3 Å². The first-order valence-corrected chi connectivity index (χ1v) is 6.26. The number of benzene rings is 1. The molecule has 0 spiro atoms. The van der Waals surface area contributed by atoms with E-state index in [-0.39, 0.29) is 6.04 Å². The van der Waals surface area contributed by atoms with Gasteiger partial charge in [0, 0.05) is 17.1 Å². The predicted octanol–water partition coefficient (Wildman–Crippen LogP) is 2.56. The van der Waals surface area contributed by atoms with Gasteiger partial charge in [-0.2, -0.15) is 0 Å². The number of aryl methyl sites for hydroxylation is 1. The zero-order valence-corrected chi connectivity index (χ0v) is 10.2. The second-order valence-corrected chi connectivity index (χ2v) is 5.32. The van der Waals surface area contributed by atoms with Crippen molar-refractivity contribution in [2.75, 3.05) is 0 Å². The third-order valence-electron chi connectivity index (χ3n) is 2.47. The molecule has 2 nitrogen and oxygen atoms in total. The summed E-state index contributed by atoms with van der Waals surface area (Å²) in [6, 6.07) is 10.6. The topological polar surface area (TPSA) is 38.9 Å². The van der Waals surface area contributed by atoms with E-state index >= 15 is 0 Å². The highest BCUT2D eigenvalue weighted by Crippen LogP contribution is 2.14. The van der Waals surface area contributed by atoms with E-state index in [1.807, 2.05) is 19.2 Å². The summed E-state index contributed by atoms with van der Waals surface area (Å²) in [5.41, 5.74) is 7.43. The molecule has 1 aromatic carbocycles. The van der Waals surface area contributed by atoms with Crippen molar-refractivity contribution >= 4 is 11.3 Å². The van der Waals surface area contributed by atoms with Crippen molar-refractivity contribution in [3.63, 3.8) is 0 Å². The molecular formula is C13H16N2S. The molecule has 3 heteroatoms. The van der Waals surface area contributed by atoms with Gasteiger partial charge in [0.15, 0.2) is 0 Å². The number of aromatic nitrogens is 1. The molecule has 1 heterocycles. The summed E-state index contributed by atoms with van der Waals surface area (Å²) in [5.74, 6) is 0. The normalized spacial score (nSPS) is 12.6. The van der Waals surface area contributed by atoms with Gasteiger partial charge in [0.1, 0.15) is 0 Å². The fourth-order valence-corrected chi connectivity index (χ4v) is 2.63. The molecule has 2 rings (SSSR count). The molecule has 84 valence electrons. The lowest BCUT2D eigenvalue weighted by Gasteiger charge is -2.09. The van der Waals surface area contributed by atoms with Gasteiger partial charge >= 0.3 is 0 Å². The van der Waals surface area contributed by atoms with E-state index in [0.29, 0.717) is 0 Å². The van der Waals surface area contributed by atoms with Crippen LogP contribution in [-0.4, -0.2) is 11.0 Å². The van der Waals surface area contributed by atoms with Gasteiger partial charge < -0.3 is 5.73 Å². The van der Waals surface area contributed by atoms with E-state index in [2.05, 4.69) is 29.2 Å². The average molecular weight is 232 g/mol. The van der Waals surface area contributed by atoms with Crippen LogP contribution < -0.4 is 5.73 Å². The minimum absolute atomic E-state index is 0.183. The molecule has 1 atom stereocenters. The van der Waals surface area contributed by atoms with E-state index in [0.717, 1.165) is 17.8 Å². The molecule has 16 heavy (non-hydrogen) atoms. The Morgan fingerprint density at radius 3 is 2.62 bits per heavy atom. The Bertz CT molecular complexity index is 436. The predicted molar refractivity (Wildman–Crippen MR) is 68.7 cm³/mol. The maximum absolute atomic E-state index is 6.13. The number of hydrogen-bond donors (Lipinski definition) is 1. The van der Waals surface area contributed by atoms with Crippen molar-refractivity contribution in [1.29, 1.82) is 0 Å². The summed E-state index contributed by atoms with van der Waals surface area (Å²) < 4.78 is 0. The van der Waals surface area contributed by atoms with Crippen LogP contribution in [0, 0.1) is 6.92 Å². The second kappa shape index (κ2) is 5.23. The summed E-state index contributed by atoms with van der Waals surface area (Å²) in [7, 11) is 0. The summed E-state index contributed by atoms with van der Waals surface area (Å²) in [5, 5.41) is 1.11. The lowest BCUT2D eigenvalue weighted by molar-refractivity contribution is 0.670. The zero-order chi connectivity index (χ0) is 11.4. The Morgan fingerprint density at radius 2 is 2.00 bits per heavy atom. The molecule has 0 fully saturated rings. The zero-order valence-electron chi connectivity index (χ0n) is 9.39. The molecule has 0 aliphatic rings. The van der Waals surface area contributed by atoms with Crippen molar-refractivity contribution in [1.82, 2.24) is 4.98 Å². The Labute approximate surface area is 100 Å². The summed E-state index contributed by atoms with van der Waals surface area (Å²) in [6.45, 7) is 2.02. The highest BCUT2D eigenvalue weighted by atomic mass is 32.1. The van der Waals surface area contributed by atoms with Crippen LogP contribution in [0.15, 0.2) is 36.5 Å². The molecule has 0 amide bonds. The van der Waals surface area contributed by atoms with Crippen molar-refractivity contribution in [2.24, 2.45) is 5.73 Å². The fourth-order valence-electron chi connectivity index (χ4n) is 1.75. The molecule has 0 aliphatic carbocycles. The highest BCUT2D eigenvalue weighted by Gasteiger charge is 2.07. The quantitative estimate of drug-likeness (QED) is 0.880. The molecule has 0 bridgehead atoms. The lowest BCUT2D eigenvalue weighted by Crippen LogP contribution is -2.25. The highest BCUT2D eigenvalue weighted by molar-refractivity contribution is 7.11. The van der Waals surface area contributed by atoms with Crippen LogP contribution in [0.4, 0.5) is 0 Å². The molecule has 0 aliphatic heterocycles. The van der Waals surface area contributed by atoms with E-state index < -0.39 is 0 Å². The minimum Gasteiger partial charge on any atom is -0.327 e. The van der Waals surface area contributed by atoms with Crippen LogP contribution >= 0.6 is 11.3 Å². The number of hydrogen-bond acceptors (Lipinski definition) is 3. The van der Waals surface area contributed by atoms with Crippen LogP contribution in [0.3, 0.4) is 0 Å². The van der Waals surface area contributed by atoms with Crippen LogP contribution in [-0.2, 0) is 12.8 Å². The number of rotatable bonds is 4. The first-order valence-electron chi connectivity index (χ1n) is 5.45. The molecular weight excluding hydrogens is 216 g/mol. The summed E-state index contributed by atoms with van der Waals surface area (Å²) >= 11 is 1.74. The smallest absolute Gasteiger partial charge is 0.0896 e. The average Bonchev–Trinajstić information content (AvgIpc) is 2.65. The van der Waals surface area contributed by atoms with Crippen LogP contribution in [0.1, 0.15) is 15.4 Å². The van der Waals surface area contributed by atoms with E-state index in [1.54, 1.807) is 11.3 Å². The first kappa shape index (κ1) is 11.3. The van der Waals surface area contributed by atoms with E-state index in [9.17, 15) is 0 Å². The molecule has 0 saturated carbocycles. The molecule has 2 N–H and O–H groups in total. The van der Waals surface area contributed by atoms with Gasteiger partial charge in [-0.3, -0.25) is 0 Å². The van der Waals surface area contributed by atoms with Gasteiger partial charge in [-0.15, -0.1) is 11.3 Å². The number of nitrogens with zero attached hydrogens (tertiary/aromatic N) is 1. The molecule has 0 saturated heterocycles. The molecule has 0 radical (unpaired) electrons. The maximum Gasteiger partial charge on any atom is 0.0896 e. The van der Waals surface area contributed by atoms with Gasteiger partial charge in [0.05, 0.1) is 5.01 Å². The van der Waals surface area contributed by atoms with Crippen LogP contribution in [0.2, 0.25) is 0 Å². The number of nitrogens with two attached hydrogens (primary N) is 1. The van der Waals surface area contributed by atoms with E-state index in [1.165, 1.54) is 10.4 Å². The molecule has 1 unspecified atom stereocenters. The standard InChI is InChI=1S/C13H16N2S/c1-10-15-9-13(16-10)8-12(14)7-11-5-3-2-4-6-11/h2-6,9,12H,7-8,14H2,1H3. The summed E-state index contributed by atoms with van der Waals surface area (Å²) in [6.07, 6.45) is 3.78. The third kappa shape index (κ3) is 3.15. The SMILES string of the molecule is Cc1ncc(CC(N)Cc2ccccc2)s1. The van der Waals surface area contributed by atoms with Crippen molar-refractivity contribution in [3.8, 4) is 0 Å². The monoisotopic (exact) mass is 232 g/mol. The van der Waals surface area contributed by atoms with Crippen LogP contribution in [0.25, 0.3) is 0 Å². The second-order valence-electron chi connectivity index (χ2n) is 4.00. The number of thiazole rings is 1. The van der Waals surface area contributed by atoms with Gasteiger partial charge in [0.25, 0.3) is 0 Å². The first-order chi connectivity index (χ1) is 7.74. The Hall–Kier alpha value is -1.19.